The summed E-state index contributed by atoms with van der Waals surface area (Å²) in [7, 11) is 0. The maximum atomic E-state index is 12.2. The molecule has 22 heavy (non-hydrogen) atoms. The second-order valence-corrected chi connectivity index (χ2v) is 7.09. The highest BCUT2D eigenvalue weighted by molar-refractivity contribution is 9.10. The first-order chi connectivity index (χ1) is 10.7. The topological polar surface area (TPSA) is 42.0 Å². The van der Waals surface area contributed by atoms with Gasteiger partial charge in [-0.1, -0.05) is 40.2 Å². The number of fused-ring (bicyclic) bond motifs is 3. The van der Waals surface area contributed by atoms with Crippen molar-refractivity contribution in [2.75, 3.05) is 5.32 Å². The lowest BCUT2D eigenvalue weighted by Crippen LogP contribution is -2.11. The van der Waals surface area contributed by atoms with Crippen molar-refractivity contribution in [3.63, 3.8) is 0 Å². The Balaban J connectivity index is 1.59. The molecule has 0 aliphatic heterocycles. The van der Waals surface area contributed by atoms with Gasteiger partial charge in [0.1, 0.15) is 0 Å². The molecule has 108 valence electrons. The molecular weight excluding hydrogens is 360 g/mol. The number of hydrogen-bond acceptors (Lipinski definition) is 3. The van der Waals surface area contributed by atoms with E-state index in [0.29, 0.717) is 10.7 Å². The molecular formula is C17H11BrN2OS. The fourth-order valence-electron chi connectivity index (χ4n) is 2.58. The van der Waals surface area contributed by atoms with Crippen LogP contribution in [0.1, 0.15) is 20.8 Å². The Kier molecular flexibility index (Phi) is 3.32. The van der Waals surface area contributed by atoms with Crippen molar-refractivity contribution >= 4 is 38.3 Å². The predicted octanol–water partition coefficient (Wildman–Crippen LogP) is 4.73. The first kappa shape index (κ1) is 13.7. The van der Waals surface area contributed by atoms with Crippen molar-refractivity contribution < 1.29 is 4.79 Å². The molecule has 0 atom stereocenters. The van der Waals surface area contributed by atoms with Gasteiger partial charge in [0.2, 0.25) is 0 Å². The van der Waals surface area contributed by atoms with Crippen LogP contribution < -0.4 is 5.32 Å². The van der Waals surface area contributed by atoms with Crippen LogP contribution in [0.25, 0.3) is 11.3 Å². The summed E-state index contributed by atoms with van der Waals surface area (Å²) in [5.74, 6) is -0.131. The number of rotatable bonds is 2. The highest BCUT2D eigenvalue weighted by Gasteiger charge is 2.23. The summed E-state index contributed by atoms with van der Waals surface area (Å²) < 4.78 is 0.953. The third-order valence-corrected chi connectivity index (χ3v) is 5.15. The van der Waals surface area contributed by atoms with Gasteiger partial charge in [-0.2, -0.15) is 0 Å². The number of hydrogen-bond donors (Lipinski definition) is 1. The normalized spacial score (nSPS) is 11.9. The van der Waals surface area contributed by atoms with Gasteiger partial charge < -0.3 is 0 Å². The van der Waals surface area contributed by atoms with Gasteiger partial charge >= 0.3 is 0 Å². The van der Waals surface area contributed by atoms with Crippen molar-refractivity contribution in [1.29, 1.82) is 0 Å². The minimum atomic E-state index is -0.131. The molecule has 0 radical (unpaired) electrons. The third-order valence-electron chi connectivity index (χ3n) is 3.65. The molecule has 0 fully saturated rings. The van der Waals surface area contributed by atoms with Crippen molar-refractivity contribution in [3.05, 3.63) is 69.0 Å². The van der Waals surface area contributed by atoms with Crippen LogP contribution in [-0.2, 0) is 6.42 Å². The standard InChI is InChI=1S/C17H11BrN2OS/c18-12-7-5-10(6-8-12)16(21)20-17-19-15-13-4-2-1-3-11(13)9-14(15)22-17/h1-8H,9H2,(H,19,20,21). The van der Waals surface area contributed by atoms with E-state index >= 15 is 0 Å². The van der Waals surface area contributed by atoms with Crippen molar-refractivity contribution in [1.82, 2.24) is 4.98 Å². The molecule has 2 aromatic carbocycles. The summed E-state index contributed by atoms with van der Waals surface area (Å²) in [5, 5.41) is 3.55. The van der Waals surface area contributed by atoms with Crippen LogP contribution in [0.5, 0.6) is 0 Å². The smallest absolute Gasteiger partial charge is 0.257 e. The highest BCUT2D eigenvalue weighted by Crippen LogP contribution is 2.40. The molecule has 0 unspecified atom stereocenters. The number of amides is 1. The lowest BCUT2D eigenvalue weighted by molar-refractivity contribution is 0.102. The molecule has 1 aliphatic rings. The second-order valence-electron chi connectivity index (χ2n) is 5.09. The van der Waals surface area contributed by atoms with Crippen molar-refractivity contribution in [3.8, 4) is 11.3 Å². The maximum Gasteiger partial charge on any atom is 0.257 e. The number of thiazole rings is 1. The van der Waals surface area contributed by atoms with Gasteiger partial charge in [0.05, 0.1) is 5.69 Å². The Morgan fingerprint density at radius 3 is 2.73 bits per heavy atom. The van der Waals surface area contributed by atoms with Crippen LogP contribution in [0, 0.1) is 0 Å². The van der Waals surface area contributed by atoms with E-state index in [2.05, 4.69) is 38.4 Å². The largest absolute Gasteiger partial charge is 0.298 e. The van der Waals surface area contributed by atoms with Gasteiger partial charge in [-0.15, -0.1) is 11.3 Å². The van der Waals surface area contributed by atoms with E-state index in [4.69, 9.17) is 0 Å². The van der Waals surface area contributed by atoms with Gasteiger partial charge in [-0.25, -0.2) is 4.98 Å². The number of nitrogens with one attached hydrogen (secondary N) is 1. The Bertz CT molecular complexity index is 871. The zero-order chi connectivity index (χ0) is 15.1. The van der Waals surface area contributed by atoms with Gasteiger partial charge in [-0.3, -0.25) is 10.1 Å². The van der Waals surface area contributed by atoms with Crippen LogP contribution in [0.2, 0.25) is 0 Å². The summed E-state index contributed by atoms with van der Waals surface area (Å²) in [4.78, 5) is 18.0. The van der Waals surface area contributed by atoms with E-state index in [1.54, 1.807) is 23.5 Å². The van der Waals surface area contributed by atoms with E-state index < -0.39 is 0 Å². The summed E-state index contributed by atoms with van der Waals surface area (Å²) in [6.45, 7) is 0. The Labute approximate surface area is 140 Å². The summed E-state index contributed by atoms with van der Waals surface area (Å²) in [6, 6.07) is 15.6. The van der Waals surface area contributed by atoms with Crippen LogP contribution in [0.4, 0.5) is 5.13 Å². The fraction of sp³-hybridized carbons (Fsp3) is 0.0588. The van der Waals surface area contributed by atoms with Crippen LogP contribution >= 0.6 is 27.3 Å². The van der Waals surface area contributed by atoms with E-state index in [0.717, 1.165) is 16.6 Å². The Morgan fingerprint density at radius 1 is 1.14 bits per heavy atom. The molecule has 0 saturated carbocycles. The molecule has 5 heteroatoms. The summed E-state index contributed by atoms with van der Waals surface area (Å²) in [6.07, 6.45) is 0.900. The minimum Gasteiger partial charge on any atom is -0.298 e. The first-order valence-electron chi connectivity index (χ1n) is 6.85. The van der Waals surface area contributed by atoms with Crippen LogP contribution in [0.3, 0.4) is 0 Å². The van der Waals surface area contributed by atoms with E-state index in [1.807, 2.05) is 24.3 Å². The highest BCUT2D eigenvalue weighted by atomic mass is 79.9. The summed E-state index contributed by atoms with van der Waals surface area (Å²) >= 11 is 4.92. The molecule has 1 aliphatic carbocycles. The molecule has 1 aromatic heterocycles. The lowest BCUT2D eigenvalue weighted by Gasteiger charge is -2.02. The molecule has 3 nitrogen and oxygen atoms in total. The Morgan fingerprint density at radius 2 is 1.91 bits per heavy atom. The minimum absolute atomic E-state index is 0.131. The average molecular weight is 371 g/mol. The van der Waals surface area contributed by atoms with Gasteiger partial charge in [0.15, 0.2) is 5.13 Å². The number of carbonyl (C=O) groups is 1. The average Bonchev–Trinajstić information content (AvgIpc) is 3.05. The predicted molar refractivity (Wildman–Crippen MR) is 92.5 cm³/mol. The molecule has 4 rings (SSSR count). The van der Waals surface area contributed by atoms with Gasteiger partial charge in [0.25, 0.3) is 5.91 Å². The second kappa shape index (κ2) is 5.34. The van der Waals surface area contributed by atoms with Crippen LogP contribution in [-0.4, -0.2) is 10.9 Å². The molecule has 1 N–H and O–H groups in total. The lowest BCUT2D eigenvalue weighted by atomic mass is 10.1. The van der Waals surface area contributed by atoms with Gasteiger partial charge in [-0.05, 0) is 29.8 Å². The molecule has 1 heterocycles. The number of anilines is 1. The van der Waals surface area contributed by atoms with E-state index in [1.165, 1.54) is 16.0 Å². The zero-order valence-corrected chi connectivity index (χ0v) is 13.9. The third kappa shape index (κ3) is 2.36. The molecule has 1 amide bonds. The monoisotopic (exact) mass is 370 g/mol. The number of carbonyl (C=O) groups excluding carboxylic acids is 1. The fourth-order valence-corrected chi connectivity index (χ4v) is 3.84. The molecule has 3 aromatic rings. The van der Waals surface area contributed by atoms with Crippen LogP contribution in [0.15, 0.2) is 53.0 Å². The number of benzene rings is 2. The zero-order valence-electron chi connectivity index (χ0n) is 11.5. The van der Waals surface area contributed by atoms with Crippen molar-refractivity contribution in [2.24, 2.45) is 0 Å². The Hall–Kier alpha value is -1.98. The maximum absolute atomic E-state index is 12.2. The number of nitrogens with zero attached hydrogens (tertiary/aromatic N) is 1. The summed E-state index contributed by atoms with van der Waals surface area (Å²) in [5.41, 5.74) is 4.12. The quantitative estimate of drug-likeness (QED) is 0.554. The molecule has 0 spiro atoms. The van der Waals surface area contributed by atoms with Crippen molar-refractivity contribution in [2.45, 2.75) is 6.42 Å². The SMILES string of the molecule is O=C(Nc1nc2c(s1)Cc1ccccc1-2)c1ccc(Br)cc1. The van der Waals surface area contributed by atoms with Gasteiger partial charge in [0, 0.05) is 26.9 Å². The number of halogens is 1. The number of aromatic nitrogens is 1. The first-order valence-corrected chi connectivity index (χ1v) is 8.46. The molecule has 0 bridgehead atoms. The molecule has 0 saturated heterocycles. The van der Waals surface area contributed by atoms with E-state index in [9.17, 15) is 4.79 Å². The van der Waals surface area contributed by atoms with E-state index in [-0.39, 0.29) is 5.91 Å².